The van der Waals surface area contributed by atoms with Crippen LogP contribution in [0.5, 0.6) is 0 Å². The van der Waals surface area contributed by atoms with Crippen molar-refractivity contribution >= 4 is 23.2 Å². The normalized spacial score (nSPS) is 15.1. The molecule has 0 radical (unpaired) electrons. The third-order valence-electron chi connectivity index (χ3n) is 3.01. The Balaban J connectivity index is 1.54. The van der Waals surface area contributed by atoms with E-state index in [9.17, 15) is 4.79 Å². The molecule has 0 atom stereocenters. The summed E-state index contributed by atoms with van der Waals surface area (Å²) in [7, 11) is 0. The van der Waals surface area contributed by atoms with E-state index in [1.807, 2.05) is 23.3 Å². The summed E-state index contributed by atoms with van der Waals surface area (Å²) in [5.41, 5.74) is 1.14. The standard InChI is InChI=1S/C13H14N4OS/c1-9-5-11(19-8-9)12(18)17-6-10(7-17)16-13-14-3-2-4-15-13/h2-5,8,10H,6-7H2,1H3,(H,14,15,16). The van der Waals surface area contributed by atoms with Crippen LogP contribution in [0, 0.1) is 6.92 Å². The highest BCUT2D eigenvalue weighted by molar-refractivity contribution is 7.12. The minimum atomic E-state index is 0.116. The molecule has 5 nitrogen and oxygen atoms in total. The number of nitrogens with zero attached hydrogens (tertiary/aromatic N) is 3. The van der Waals surface area contributed by atoms with Gasteiger partial charge in [0.1, 0.15) is 0 Å². The quantitative estimate of drug-likeness (QED) is 0.927. The first kappa shape index (κ1) is 12.1. The maximum Gasteiger partial charge on any atom is 0.264 e. The van der Waals surface area contributed by atoms with E-state index >= 15 is 0 Å². The molecule has 0 unspecified atom stereocenters. The second-order valence-electron chi connectivity index (χ2n) is 4.61. The summed E-state index contributed by atoms with van der Waals surface area (Å²) >= 11 is 1.50. The molecular formula is C13H14N4OS. The van der Waals surface area contributed by atoms with E-state index in [0.29, 0.717) is 19.0 Å². The van der Waals surface area contributed by atoms with Crippen molar-refractivity contribution in [2.24, 2.45) is 0 Å². The van der Waals surface area contributed by atoms with Gasteiger partial charge >= 0.3 is 0 Å². The maximum absolute atomic E-state index is 12.1. The smallest absolute Gasteiger partial charge is 0.264 e. The lowest BCUT2D eigenvalue weighted by Gasteiger charge is -2.39. The van der Waals surface area contributed by atoms with Gasteiger partial charge in [-0.3, -0.25) is 4.79 Å². The Morgan fingerprint density at radius 3 is 2.79 bits per heavy atom. The van der Waals surface area contributed by atoms with E-state index in [-0.39, 0.29) is 11.9 Å². The maximum atomic E-state index is 12.1. The first-order valence-corrected chi connectivity index (χ1v) is 6.98. The molecule has 1 saturated heterocycles. The van der Waals surface area contributed by atoms with Gasteiger partial charge in [-0.1, -0.05) is 0 Å². The summed E-state index contributed by atoms with van der Waals surface area (Å²) in [6.45, 7) is 3.41. The van der Waals surface area contributed by atoms with E-state index in [0.717, 1.165) is 10.4 Å². The molecule has 0 saturated carbocycles. The summed E-state index contributed by atoms with van der Waals surface area (Å²) in [5, 5.41) is 5.21. The van der Waals surface area contributed by atoms with Crippen molar-refractivity contribution in [2.75, 3.05) is 18.4 Å². The number of amides is 1. The van der Waals surface area contributed by atoms with E-state index in [1.54, 1.807) is 18.5 Å². The Morgan fingerprint density at radius 2 is 2.16 bits per heavy atom. The van der Waals surface area contributed by atoms with Crippen LogP contribution in [0.2, 0.25) is 0 Å². The molecule has 19 heavy (non-hydrogen) atoms. The predicted molar refractivity (Wildman–Crippen MR) is 74.4 cm³/mol. The Hall–Kier alpha value is -1.95. The third kappa shape index (κ3) is 2.58. The Bertz CT molecular complexity index is 577. The molecule has 3 heterocycles. The van der Waals surface area contributed by atoms with Crippen LogP contribution in [0.15, 0.2) is 29.9 Å². The predicted octanol–water partition coefficient (Wildman–Crippen LogP) is 1.78. The molecule has 1 fully saturated rings. The number of rotatable bonds is 3. The van der Waals surface area contributed by atoms with Crippen molar-refractivity contribution in [2.45, 2.75) is 13.0 Å². The highest BCUT2D eigenvalue weighted by Crippen LogP contribution is 2.20. The molecule has 98 valence electrons. The van der Waals surface area contributed by atoms with Gasteiger partial charge in [0.2, 0.25) is 5.95 Å². The zero-order chi connectivity index (χ0) is 13.2. The number of likely N-dealkylation sites (tertiary alicyclic amines) is 1. The lowest BCUT2D eigenvalue weighted by molar-refractivity contribution is 0.0629. The van der Waals surface area contributed by atoms with Crippen LogP contribution in [0.25, 0.3) is 0 Å². The van der Waals surface area contributed by atoms with Crippen LogP contribution in [0.3, 0.4) is 0 Å². The van der Waals surface area contributed by atoms with Crippen LogP contribution in [-0.2, 0) is 0 Å². The minimum Gasteiger partial charge on any atom is -0.348 e. The lowest BCUT2D eigenvalue weighted by Crippen LogP contribution is -2.57. The van der Waals surface area contributed by atoms with Gasteiger partial charge in [0.25, 0.3) is 5.91 Å². The number of nitrogens with one attached hydrogen (secondary N) is 1. The number of anilines is 1. The molecular weight excluding hydrogens is 260 g/mol. The number of hydrogen-bond acceptors (Lipinski definition) is 5. The molecule has 1 amide bonds. The number of thiophene rings is 1. The molecule has 1 aliphatic heterocycles. The molecule has 0 aliphatic carbocycles. The molecule has 0 spiro atoms. The summed E-state index contributed by atoms with van der Waals surface area (Å²) in [5.74, 6) is 0.733. The monoisotopic (exact) mass is 274 g/mol. The van der Waals surface area contributed by atoms with Crippen molar-refractivity contribution in [3.8, 4) is 0 Å². The van der Waals surface area contributed by atoms with Crippen LogP contribution < -0.4 is 5.32 Å². The number of carbonyl (C=O) groups is 1. The van der Waals surface area contributed by atoms with Crippen molar-refractivity contribution in [3.63, 3.8) is 0 Å². The highest BCUT2D eigenvalue weighted by atomic mass is 32.1. The average Bonchev–Trinajstić information content (AvgIpc) is 2.80. The second-order valence-corrected chi connectivity index (χ2v) is 5.52. The van der Waals surface area contributed by atoms with Crippen molar-refractivity contribution in [1.82, 2.24) is 14.9 Å². The number of hydrogen-bond donors (Lipinski definition) is 1. The third-order valence-corrected chi connectivity index (χ3v) is 4.05. The molecule has 6 heteroatoms. The van der Waals surface area contributed by atoms with Crippen LogP contribution in [0.4, 0.5) is 5.95 Å². The van der Waals surface area contributed by atoms with Crippen molar-refractivity contribution in [3.05, 3.63) is 40.3 Å². The molecule has 0 aromatic carbocycles. The molecule has 3 rings (SSSR count). The van der Waals surface area contributed by atoms with E-state index in [1.165, 1.54) is 11.3 Å². The highest BCUT2D eigenvalue weighted by Gasteiger charge is 2.32. The van der Waals surface area contributed by atoms with Gasteiger partial charge < -0.3 is 10.2 Å². The van der Waals surface area contributed by atoms with Crippen LogP contribution in [0.1, 0.15) is 15.2 Å². The topological polar surface area (TPSA) is 58.1 Å². The van der Waals surface area contributed by atoms with Gasteiger partial charge in [-0.2, -0.15) is 0 Å². The van der Waals surface area contributed by atoms with Crippen molar-refractivity contribution < 1.29 is 4.79 Å². The van der Waals surface area contributed by atoms with Crippen LogP contribution in [-0.4, -0.2) is 39.9 Å². The minimum absolute atomic E-state index is 0.116. The molecule has 2 aromatic heterocycles. The second kappa shape index (κ2) is 4.97. The van der Waals surface area contributed by atoms with Gasteiger partial charge in [0.05, 0.1) is 10.9 Å². The van der Waals surface area contributed by atoms with Gasteiger partial charge in [0.15, 0.2) is 0 Å². The fourth-order valence-corrected chi connectivity index (χ4v) is 2.86. The number of aromatic nitrogens is 2. The van der Waals surface area contributed by atoms with Gasteiger partial charge in [-0.05, 0) is 30.0 Å². The van der Waals surface area contributed by atoms with Crippen molar-refractivity contribution in [1.29, 1.82) is 0 Å². The first-order valence-electron chi connectivity index (χ1n) is 6.10. The Kier molecular flexibility index (Phi) is 3.16. The zero-order valence-electron chi connectivity index (χ0n) is 10.5. The summed E-state index contributed by atoms with van der Waals surface area (Å²) in [6.07, 6.45) is 3.40. The zero-order valence-corrected chi connectivity index (χ0v) is 11.4. The molecule has 1 aliphatic rings. The summed E-state index contributed by atoms with van der Waals surface area (Å²) in [4.78, 5) is 23.0. The van der Waals surface area contributed by atoms with E-state index < -0.39 is 0 Å². The van der Waals surface area contributed by atoms with Crippen LogP contribution >= 0.6 is 11.3 Å². The van der Waals surface area contributed by atoms with E-state index in [4.69, 9.17) is 0 Å². The average molecular weight is 274 g/mol. The largest absolute Gasteiger partial charge is 0.348 e. The Labute approximate surface area is 115 Å². The Morgan fingerprint density at radius 1 is 1.42 bits per heavy atom. The van der Waals surface area contributed by atoms with Gasteiger partial charge in [-0.25, -0.2) is 9.97 Å². The summed E-state index contributed by atoms with van der Waals surface area (Å²) in [6, 6.07) is 3.96. The summed E-state index contributed by atoms with van der Waals surface area (Å²) < 4.78 is 0. The fourth-order valence-electron chi connectivity index (χ4n) is 1.99. The fraction of sp³-hybridized carbons (Fsp3) is 0.308. The SMILES string of the molecule is Cc1csc(C(=O)N2CC(Nc3ncccn3)C2)c1. The number of aryl methyl sites for hydroxylation is 1. The number of carbonyl (C=O) groups excluding carboxylic acids is 1. The lowest BCUT2D eigenvalue weighted by atomic mass is 10.1. The van der Waals surface area contributed by atoms with Gasteiger partial charge in [-0.15, -0.1) is 11.3 Å². The molecule has 2 aromatic rings. The van der Waals surface area contributed by atoms with E-state index in [2.05, 4.69) is 15.3 Å². The first-order chi connectivity index (χ1) is 9.22. The molecule has 1 N–H and O–H groups in total. The molecule has 0 bridgehead atoms. The van der Waals surface area contributed by atoms with Gasteiger partial charge in [0, 0.05) is 25.5 Å².